The van der Waals surface area contributed by atoms with Gasteiger partial charge in [-0.05, 0) is 25.1 Å². The van der Waals surface area contributed by atoms with Crippen molar-refractivity contribution in [2.75, 3.05) is 39.3 Å². The molecule has 1 saturated heterocycles. The van der Waals surface area contributed by atoms with Crippen LogP contribution in [0.4, 0.5) is 0 Å². The molecule has 1 aromatic carbocycles. The van der Waals surface area contributed by atoms with Gasteiger partial charge in [0.15, 0.2) is 5.43 Å². The first-order valence-corrected chi connectivity index (χ1v) is 8.52. The van der Waals surface area contributed by atoms with Crippen LogP contribution in [0.2, 0.25) is 0 Å². The molecule has 1 aliphatic rings. The van der Waals surface area contributed by atoms with E-state index in [1.165, 1.54) is 6.07 Å². The predicted octanol–water partition coefficient (Wildman–Crippen LogP) is 0.413. The van der Waals surface area contributed by atoms with E-state index >= 15 is 0 Å². The van der Waals surface area contributed by atoms with Crippen LogP contribution in [-0.2, 0) is 11.3 Å². The minimum Gasteiger partial charge on any atom is -0.355 e. The van der Waals surface area contributed by atoms with E-state index in [4.69, 9.17) is 0 Å². The summed E-state index contributed by atoms with van der Waals surface area (Å²) in [5.74, 6) is -0.0240. The van der Waals surface area contributed by atoms with Crippen molar-refractivity contribution in [2.45, 2.75) is 13.0 Å². The van der Waals surface area contributed by atoms with Crippen LogP contribution in [0.5, 0.6) is 0 Å². The topological polar surface area (TPSA) is 66.4 Å². The van der Waals surface area contributed by atoms with Crippen LogP contribution in [0, 0.1) is 0 Å². The van der Waals surface area contributed by atoms with Gasteiger partial charge < -0.3 is 20.1 Å². The Morgan fingerprint density at radius 1 is 1.17 bits per heavy atom. The van der Waals surface area contributed by atoms with Crippen molar-refractivity contribution in [3.05, 3.63) is 46.8 Å². The summed E-state index contributed by atoms with van der Waals surface area (Å²) in [4.78, 5) is 26.4. The van der Waals surface area contributed by atoms with E-state index in [2.05, 4.69) is 15.5 Å². The van der Waals surface area contributed by atoms with Crippen molar-refractivity contribution in [3.63, 3.8) is 0 Å². The molecule has 0 bridgehead atoms. The van der Waals surface area contributed by atoms with Crippen molar-refractivity contribution in [1.82, 2.24) is 20.1 Å². The van der Waals surface area contributed by atoms with Crippen LogP contribution in [0.15, 0.2) is 41.3 Å². The van der Waals surface area contributed by atoms with Gasteiger partial charge >= 0.3 is 0 Å². The molecule has 24 heavy (non-hydrogen) atoms. The molecule has 128 valence electrons. The first-order chi connectivity index (χ1) is 11.7. The van der Waals surface area contributed by atoms with Gasteiger partial charge in [-0.3, -0.25) is 9.59 Å². The molecule has 1 aromatic heterocycles. The number of para-hydroxylation sites is 1. The molecule has 0 radical (unpaired) electrons. The maximum atomic E-state index is 12.2. The second kappa shape index (κ2) is 8.08. The lowest BCUT2D eigenvalue weighted by Crippen LogP contribution is -2.44. The number of fused-ring (bicyclic) bond motifs is 1. The predicted molar refractivity (Wildman–Crippen MR) is 95.1 cm³/mol. The largest absolute Gasteiger partial charge is 0.355 e. The van der Waals surface area contributed by atoms with E-state index in [9.17, 15) is 9.59 Å². The highest BCUT2D eigenvalue weighted by molar-refractivity contribution is 5.82. The van der Waals surface area contributed by atoms with E-state index in [0.29, 0.717) is 11.9 Å². The number of hydrogen-bond acceptors (Lipinski definition) is 4. The maximum absolute atomic E-state index is 12.2. The summed E-state index contributed by atoms with van der Waals surface area (Å²) in [6, 6.07) is 8.89. The minimum absolute atomic E-state index is 0.0155. The van der Waals surface area contributed by atoms with Crippen LogP contribution in [0.25, 0.3) is 10.9 Å². The highest BCUT2D eigenvalue weighted by Crippen LogP contribution is 2.09. The van der Waals surface area contributed by atoms with Crippen molar-refractivity contribution in [2.24, 2.45) is 0 Å². The van der Waals surface area contributed by atoms with E-state index in [1.54, 1.807) is 12.3 Å². The number of pyridine rings is 1. The zero-order valence-corrected chi connectivity index (χ0v) is 13.8. The molecule has 2 heterocycles. The molecule has 6 nitrogen and oxygen atoms in total. The Balaban J connectivity index is 1.50. The smallest absolute Gasteiger partial charge is 0.239 e. The molecule has 2 N–H and O–H groups in total. The lowest BCUT2D eigenvalue weighted by atomic mass is 10.2. The summed E-state index contributed by atoms with van der Waals surface area (Å²) in [5.41, 5.74) is 0.777. The fourth-order valence-corrected chi connectivity index (χ4v) is 3.07. The van der Waals surface area contributed by atoms with Crippen molar-refractivity contribution in [3.8, 4) is 0 Å². The molecule has 6 heteroatoms. The summed E-state index contributed by atoms with van der Waals surface area (Å²) >= 11 is 0. The standard InChI is InChI=1S/C18H24N4O2/c23-17-6-11-22(16-5-2-1-4-15(16)17)14-18(24)20-7-3-10-21-12-8-19-9-13-21/h1-2,4-6,11,19H,3,7-10,12-14H2,(H,20,24). The molecule has 0 aliphatic carbocycles. The van der Waals surface area contributed by atoms with Gasteiger partial charge in [-0.1, -0.05) is 12.1 Å². The van der Waals surface area contributed by atoms with Crippen molar-refractivity contribution < 1.29 is 4.79 Å². The fourth-order valence-electron chi connectivity index (χ4n) is 3.07. The van der Waals surface area contributed by atoms with E-state index < -0.39 is 0 Å². The zero-order chi connectivity index (χ0) is 16.8. The van der Waals surface area contributed by atoms with Gasteiger partial charge in [0, 0.05) is 50.4 Å². The van der Waals surface area contributed by atoms with Gasteiger partial charge in [-0.15, -0.1) is 0 Å². The monoisotopic (exact) mass is 328 g/mol. The average molecular weight is 328 g/mol. The molecule has 3 rings (SSSR count). The summed E-state index contributed by atoms with van der Waals surface area (Å²) in [6.45, 7) is 6.18. The molecule has 0 unspecified atom stereocenters. The van der Waals surface area contributed by atoms with Gasteiger partial charge in [0.25, 0.3) is 0 Å². The summed E-state index contributed by atoms with van der Waals surface area (Å²) in [5, 5.41) is 6.95. The second-order valence-corrected chi connectivity index (χ2v) is 6.12. The Morgan fingerprint density at radius 2 is 1.96 bits per heavy atom. The third-order valence-electron chi connectivity index (χ3n) is 4.38. The van der Waals surface area contributed by atoms with Crippen LogP contribution >= 0.6 is 0 Å². The minimum atomic E-state index is -0.0240. The molecule has 0 atom stereocenters. The summed E-state index contributed by atoms with van der Waals surface area (Å²) in [6.07, 6.45) is 2.64. The molecule has 1 amide bonds. The van der Waals surface area contributed by atoms with Crippen molar-refractivity contribution >= 4 is 16.8 Å². The normalized spacial score (nSPS) is 15.5. The van der Waals surface area contributed by atoms with Gasteiger partial charge in [0.2, 0.25) is 5.91 Å². The highest BCUT2D eigenvalue weighted by Gasteiger charge is 2.09. The molecule has 2 aromatic rings. The Kier molecular flexibility index (Phi) is 5.61. The van der Waals surface area contributed by atoms with Gasteiger partial charge in [-0.25, -0.2) is 0 Å². The third kappa shape index (κ3) is 4.21. The number of rotatable bonds is 6. The van der Waals surface area contributed by atoms with Crippen LogP contribution in [0.1, 0.15) is 6.42 Å². The summed E-state index contributed by atoms with van der Waals surface area (Å²) < 4.78 is 1.82. The molecule has 1 fully saturated rings. The van der Waals surface area contributed by atoms with Gasteiger partial charge in [-0.2, -0.15) is 0 Å². The number of amides is 1. The van der Waals surface area contributed by atoms with Crippen molar-refractivity contribution in [1.29, 1.82) is 0 Å². The lowest BCUT2D eigenvalue weighted by Gasteiger charge is -2.27. The zero-order valence-electron chi connectivity index (χ0n) is 13.8. The van der Waals surface area contributed by atoms with Gasteiger partial charge in [0.05, 0.1) is 5.52 Å². The van der Waals surface area contributed by atoms with Crippen LogP contribution < -0.4 is 16.1 Å². The first kappa shape index (κ1) is 16.7. The lowest BCUT2D eigenvalue weighted by molar-refractivity contribution is -0.121. The van der Waals surface area contributed by atoms with Gasteiger partial charge in [0.1, 0.15) is 6.54 Å². The van der Waals surface area contributed by atoms with E-state index in [-0.39, 0.29) is 17.9 Å². The number of nitrogens with one attached hydrogen (secondary N) is 2. The first-order valence-electron chi connectivity index (χ1n) is 8.52. The maximum Gasteiger partial charge on any atom is 0.239 e. The molecule has 0 saturated carbocycles. The number of hydrogen-bond donors (Lipinski definition) is 2. The number of piperazine rings is 1. The third-order valence-corrected chi connectivity index (χ3v) is 4.38. The second-order valence-electron chi connectivity index (χ2n) is 6.12. The van der Waals surface area contributed by atoms with E-state index in [0.717, 1.165) is 44.7 Å². The fraction of sp³-hybridized carbons (Fsp3) is 0.444. The quantitative estimate of drug-likeness (QED) is 0.754. The number of carbonyl (C=O) groups excluding carboxylic acids is 1. The molecule has 0 spiro atoms. The number of nitrogens with zero attached hydrogens (tertiary/aromatic N) is 2. The highest BCUT2D eigenvalue weighted by atomic mass is 16.2. The molecular weight excluding hydrogens is 304 g/mol. The Morgan fingerprint density at radius 3 is 2.79 bits per heavy atom. The summed E-state index contributed by atoms with van der Waals surface area (Å²) in [7, 11) is 0. The number of aromatic nitrogens is 1. The van der Waals surface area contributed by atoms with E-state index in [1.807, 2.05) is 22.8 Å². The molecule has 1 aliphatic heterocycles. The van der Waals surface area contributed by atoms with Crippen LogP contribution in [-0.4, -0.2) is 54.6 Å². The number of benzene rings is 1. The Bertz CT molecular complexity index is 750. The average Bonchev–Trinajstić information content (AvgIpc) is 2.62. The Labute approximate surface area is 141 Å². The van der Waals surface area contributed by atoms with Crippen LogP contribution in [0.3, 0.4) is 0 Å². The SMILES string of the molecule is O=C(Cn1ccc(=O)c2ccccc21)NCCCN1CCNCC1. The molecular formula is C18H24N4O2. The Hall–Kier alpha value is -2.18. The number of carbonyl (C=O) groups is 1.